The Labute approximate surface area is 180 Å². The molecule has 2 N–H and O–H groups in total. The second kappa shape index (κ2) is 7.35. The molecule has 2 bridgehead atoms. The minimum Gasteiger partial charge on any atom is -0.360 e. The van der Waals surface area contributed by atoms with E-state index in [1.807, 2.05) is 42.5 Å². The number of hydrogen-bond donors (Lipinski definition) is 2. The van der Waals surface area contributed by atoms with Crippen molar-refractivity contribution < 1.29 is 19.1 Å². The Bertz CT molecular complexity index is 1070. The van der Waals surface area contributed by atoms with E-state index < -0.39 is 17.4 Å². The van der Waals surface area contributed by atoms with E-state index in [1.54, 1.807) is 29.2 Å². The number of benzene rings is 2. The molecule has 2 aromatic carbocycles. The first-order chi connectivity index (χ1) is 15.0. The van der Waals surface area contributed by atoms with Crippen LogP contribution in [0.25, 0.3) is 0 Å². The number of rotatable bonds is 5. The fraction of sp³-hybridized carbons (Fsp3) is 0.292. The van der Waals surface area contributed by atoms with Gasteiger partial charge >= 0.3 is 0 Å². The Hall–Kier alpha value is -3.45. The number of ether oxygens (including phenoxy) is 1. The highest BCUT2D eigenvalue weighted by Gasteiger charge is 2.67. The third kappa shape index (κ3) is 3.31. The SMILES string of the molecule is CC(=O)Nc1ccc(N2C[C@@]34C=CC(O3)C(C(=O)NCc3ccccc3)C4C2=O)cc1. The van der Waals surface area contributed by atoms with Crippen LogP contribution >= 0.6 is 0 Å². The highest BCUT2D eigenvalue weighted by atomic mass is 16.5. The van der Waals surface area contributed by atoms with Crippen molar-refractivity contribution in [2.75, 3.05) is 16.8 Å². The van der Waals surface area contributed by atoms with Crippen molar-refractivity contribution in [1.29, 1.82) is 0 Å². The normalized spacial score (nSPS) is 28.0. The molecule has 7 heteroatoms. The molecule has 3 unspecified atom stereocenters. The number of anilines is 2. The summed E-state index contributed by atoms with van der Waals surface area (Å²) in [6.07, 6.45) is 3.46. The Morgan fingerprint density at radius 3 is 2.58 bits per heavy atom. The Morgan fingerprint density at radius 1 is 1.13 bits per heavy atom. The fourth-order valence-corrected chi connectivity index (χ4v) is 4.85. The molecule has 7 nitrogen and oxygen atoms in total. The third-order valence-electron chi connectivity index (χ3n) is 6.21. The van der Waals surface area contributed by atoms with Gasteiger partial charge in [-0.15, -0.1) is 0 Å². The highest BCUT2D eigenvalue weighted by Crippen LogP contribution is 2.52. The molecule has 158 valence electrons. The summed E-state index contributed by atoms with van der Waals surface area (Å²) < 4.78 is 6.18. The molecule has 2 saturated heterocycles. The zero-order valence-corrected chi connectivity index (χ0v) is 17.1. The molecule has 0 radical (unpaired) electrons. The summed E-state index contributed by atoms with van der Waals surface area (Å²) in [4.78, 5) is 39.3. The predicted molar refractivity (Wildman–Crippen MR) is 115 cm³/mol. The molecular weight excluding hydrogens is 394 g/mol. The molecule has 1 spiro atoms. The number of fused-ring (bicyclic) bond motifs is 1. The van der Waals surface area contributed by atoms with E-state index in [0.717, 1.165) is 5.56 Å². The quantitative estimate of drug-likeness (QED) is 0.731. The Balaban J connectivity index is 1.34. The van der Waals surface area contributed by atoms with Gasteiger partial charge in [0.1, 0.15) is 5.60 Å². The second-order valence-corrected chi connectivity index (χ2v) is 8.26. The first-order valence-corrected chi connectivity index (χ1v) is 10.3. The van der Waals surface area contributed by atoms with E-state index in [9.17, 15) is 14.4 Å². The maximum absolute atomic E-state index is 13.4. The Kier molecular flexibility index (Phi) is 4.63. The van der Waals surface area contributed by atoms with Gasteiger partial charge in [0, 0.05) is 24.8 Å². The fourth-order valence-electron chi connectivity index (χ4n) is 4.85. The monoisotopic (exact) mass is 417 g/mol. The van der Waals surface area contributed by atoms with Crippen LogP contribution in [-0.2, 0) is 25.7 Å². The molecule has 31 heavy (non-hydrogen) atoms. The van der Waals surface area contributed by atoms with Gasteiger partial charge in [-0.3, -0.25) is 14.4 Å². The lowest BCUT2D eigenvalue weighted by molar-refractivity contribution is -0.132. The summed E-state index contributed by atoms with van der Waals surface area (Å²) in [5, 5.41) is 5.69. The van der Waals surface area contributed by atoms with E-state index >= 15 is 0 Å². The van der Waals surface area contributed by atoms with Crippen molar-refractivity contribution in [3.8, 4) is 0 Å². The van der Waals surface area contributed by atoms with Gasteiger partial charge < -0.3 is 20.3 Å². The molecule has 3 aliphatic rings. The largest absolute Gasteiger partial charge is 0.360 e. The number of carbonyl (C=O) groups is 3. The van der Waals surface area contributed by atoms with Crippen LogP contribution in [0.4, 0.5) is 11.4 Å². The molecule has 4 atom stereocenters. The maximum Gasteiger partial charge on any atom is 0.234 e. The third-order valence-corrected chi connectivity index (χ3v) is 6.21. The predicted octanol–water partition coefficient (Wildman–Crippen LogP) is 2.25. The molecule has 0 saturated carbocycles. The molecule has 0 aromatic heterocycles. The van der Waals surface area contributed by atoms with Crippen LogP contribution in [0.2, 0.25) is 0 Å². The van der Waals surface area contributed by atoms with Crippen LogP contribution < -0.4 is 15.5 Å². The second-order valence-electron chi connectivity index (χ2n) is 8.26. The van der Waals surface area contributed by atoms with Crippen LogP contribution in [0.15, 0.2) is 66.7 Å². The van der Waals surface area contributed by atoms with Crippen molar-refractivity contribution >= 4 is 29.1 Å². The molecule has 2 aromatic rings. The van der Waals surface area contributed by atoms with Gasteiger partial charge in [-0.2, -0.15) is 0 Å². The summed E-state index contributed by atoms with van der Waals surface area (Å²) in [5.41, 5.74) is 1.61. The number of hydrogen-bond acceptors (Lipinski definition) is 4. The highest BCUT2D eigenvalue weighted by molar-refractivity contribution is 6.03. The standard InChI is InChI=1S/C24H23N3O4/c1-15(28)26-17-7-9-18(10-8-17)27-14-24-12-11-19(31-24)20(21(24)23(27)30)22(29)25-13-16-5-3-2-4-6-16/h2-12,19-21H,13-14H2,1H3,(H,25,29)(H,26,28)/t19?,20?,21?,24-/m1/s1. The molecule has 2 fully saturated rings. The molecule has 3 amide bonds. The summed E-state index contributed by atoms with van der Waals surface area (Å²) in [5.74, 6) is -1.53. The number of amides is 3. The van der Waals surface area contributed by atoms with Crippen LogP contribution in [0.1, 0.15) is 12.5 Å². The number of nitrogens with one attached hydrogen (secondary N) is 2. The maximum atomic E-state index is 13.4. The van der Waals surface area contributed by atoms with E-state index in [-0.39, 0.29) is 23.8 Å². The summed E-state index contributed by atoms with van der Waals surface area (Å²) in [6, 6.07) is 16.8. The first-order valence-electron chi connectivity index (χ1n) is 10.3. The van der Waals surface area contributed by atoms with E-state index in [2.05, 4.69) is 10.6 Å². The van der Waals surface area contributed by atoms with Gasteiger partial charge in [-0.05, 0) is 29.8 Å². The van der Waals surface area contributed by atoms with Crippen molar-refractivity contribution in [2.24, 2.45) is 11.8 Å². The van der Waals surface area contributed by atoms with Gasteiger partial charge in [-0.1, -0.05) is 42.5 Å². The van der Waals surface area contributed by atoms with Crippen LogP contribution in [0.5, 0.6) is 0 Å². The lowest BCUT2D eigenvalue weighted by Gasteiger charge is -2.23. The summed E-state index contributed by atoms with van der Waals surface area (Å²) >= 11 is 0. The molecular formula is C24H23N3O4. The topological polar surface area (TPSA) is 87.7 Å². The van der Waals surface area contributed by atoms with Crippen LogP contribution in [0, 0.1) is 11.8 Å². The van der Waals surface area contributed by atoms with Gasteiger partial charge in [0.15, 0.2) is 0 Å². The minimum absolute atomic E-state index is 0.112. The van der Waals surface area contributed by atoms with Gasteiger partial charge in [-0.25, -0.2) is 0 Å². The number of carbonyl (C=O) groups excluding carboxylic acids is 3. The average Bonchev–Trinajstić information content (AvgIpc) is 3.41. The van der Waals surface area contributed by atoms with Gasteiger partial charge in [0.05, 0.1) is 24.5 Å². The minimum atomic E-state index is -0.771. The molecule has 5 rings (SSSR count). The van der Waals surface area contributed by atoms with Crippen molar-refractivity contribution in [2.45, 2.75) is 25.2 Å². The van der Waals surface area contributed by atoms with Crippen molar-refractivity contribution in [1.82, 2.24) is 5.32 Å². The summed E-state index contributed by atoms with van der Waals surface area (Å²) in [7, 11) is 0. The van der Waals surface area contributed by atoms with Gasteiger partial charge in [0.2, 0.25) is 17.7 Å². The zero-order chi connectivity index (χ0) is 21.6. The first kappa shape index (κ1) is 19.5. The Morgan fingerprint density at radius 2 is 1.87 bits per heavy atom. The van der Waals surface area contributed by atoms with Crippen LogP contribution in [-0.4, -0.2) is 36.0 Å². The van der Waals surface area contributed by atoms with E-state index in [1.165, 1.54) is 6.92 Å². The van der Waals surface area contributed by atoms with Crippen LogP contribution in [0.3, 0.4) is 0 Å². The van der Waals surface area contributed by atoms with Crippen molar-refractivity contribution in [3.63, 3.8) is 0 Å². The lowest BCUT2D eigenvalue weighted by atomic mass is 9.77. The summed E-state index contributed by atoms with van der Waals surface area (Å²) in [6.45, 7) is 2.22. The smallest absolute Gasteiger partial charge is 0.234 e. The van der Waals surface area contributed by atoms with Gasteiger partial charge in [0.25, 0.3) is 0 Å². The molecule has 0 aliphatic carbocycles. The van der Waals surface area contributed by atoms with Crippen molar-refractivity contribution in [3.05, 3.63) is 72.3 Å². The zero-order valence-electron chi connectivity index (χ0n) is 17.1. The number of nitrogens with zero attached hydrogens (tertiary/aromatic N) is 1. The lowest BCUT2D eigenvalue weighted by Crippen LogP contribution is -2.43. The van der Waals surface area contributed by atoms with E-state index in [4.69, 9.17) is 4.74 Å². The van der Waals surface area contributed by atoms with E-state index in [0.29, 0.717) is 24.5 Å². The molecule has 3 heterocycles. The molecule has 3 aliphatic heterocycles. The average molecular weight is 417 g/mol.